The topological polar surface area (TPSA) is 172 Å². The number of carboxylic acids is 1. The number of phosphoric acid groups is 1. The van der Waals surface area contributed by atoms with Crippen LogP contribution in [0.1, 0.15) is 251 Å². The largest absolute Gasteiger partial charge is 0.480 e. The summed E-state index contributed by atoms with van der Waals surface area (Å²) >= 11 is 0. The third-order valence-electron chi connectivity index (χ3n) is 11.1. The standard InChI is InChI=1S/C47H92NO10P/c1-3-5-6-7-8-9-10-11-12-13-14-15-16-17-18-19-20-21-22-23-24-25-26-27-28-29-30-31-32-33-34-35-36-37-39-45(49)55-40-43(58-46(50)38-4-2)41-56-59(53,54)57-42-44(48)47(51)52/h43-44H,3-42,48H2,1-2H3,(H,51,52)(H,53,54)/t43-,44+/m1/s1. The average molecular weight is 862 g/mol. The highest BCUT2D eigenvalue weighted by Gasteiger charge is 2.28. The summed E-state index contributed by atoms with van der Waals surface area (Å²) in [6.45, 7) is 2.40. The third kappa shape index (κ3) is 42.9. The molecule has 0 radical (unpaired) electrons. The Bertz CT molecular complexity index is 1020. The molecule has 350 valence electrons. The molecule has 0 aliphatic carbocycles. The Morgan fingerprint density at radius 3 is 1.10 bits per heavy atom. The van der Waals surface area contributed by atoms with Crippen molar-refractivity contribution in [2.24, 2.45) is 5.73 Å². The Kier molecular flexibility index (Phi) is 42.0. The van der Waals surface area contributed by atoms with Crippen LogP contribution >= 0.6 is 7.82 Å². The number of phosphoric ester groups is 1. The zero-order valence-corrected chi connectivity index (χ0v) is 39.0. The van der Waals surface area contributed by atoms with Gasteiger partial charge in [0.05, 0.1) is 13.2 Å². The van der Waals surface area contributed by atoms with Crippen molar-refractivity contribution in [2.45, 2.75) is 264 Å². The fourth-order valence-corrected chi connectivity index (χ4v) is 8.06. The van der Waals surface area contributed by atoms with Crippen LogP contribution in [0.5, 0.6) is 0 Å². The van der Waals surface area contributed by atoms with E-state index in [1.165, 1.54) is 193 Å². The van der Waals surface area contributed by atoms with Gasteiger partial charge in [0, 0.05) is 12.8 Å². The molecule has 0 saturated carbocycles. The molecule has 4 N–H and O–H groups in total. The highest BCUT2D eigenvalue weighted by atomic mass is 31.2. The maximum Gasteiger partial charge on any atom is 0.472 e. The maximum absolute atomic E-state index is 12.3. The Hall–Kier alpha value is -1.52. The van der Waals surface area contributed by atoms with Gasteiger partial charge in [-0.25, -0.2) is 4.57 Å². The fourth-order valence-electron chi connectivity index (χ4n) is 7.28. The van der Waals surface area contributed by atoms with Gasteiger partial charge in [-0.15, -0.1) is 0 Å². The molecule has 0 saturated heterocycles. The number of hydrogen-bond acceptors (Lipinski definition) is 9. The van der Waals surface area contributed by atoms with Crippen molar-refractivity contribution < 1.29 is 47.5 Å². The lowest BCUT2D eigenvalue weighted by atomic mass is 10.0. The predicted molar refractivity (Wildman–Crippen MR) is 240 cm³/mol. The first-order valence-corrected chi connectivity index (χ1v) is 26.1. The van der Waals surface area contributed by atoms with Gasteiger partial charge in [-0.1, -0.05) is 226 Å². The number of ether oxygens (including phenoxy) is 2. The van der Waals surface area contributed by atoms with Crippen molar-refractivity contribution in [3.8, 4) is 0 Å². The van der Waals surface area contributed by atoms with E-state index in [1.54, 1.807) is 6.92 Å². The van der Waals surface area contributed by atoms with Crippen LogP contribution < -0.4 is 5.73 Å². The van der Waals surface area contributed by atoms with Gasteiger partial charge in [-0.2, -0.15) is 0 Å². The lowest BCUT2D eigenvalue weighted by molar-refractivity contribution is -0.161. The smallest absolute Gasteiger partial charge is 0.472 e. The second-order valence-corrected chi connectivity index (χ2v) is 18.4. The van der Waals surface area contributed by atoms with Crippen LogP contribution in [0.15, 0.2) is 0 Å². The zero-order chi connectivity index (χ0) is 43.5. The van der Waals surface area contributed by atoms with E-state index < -0.39 is 51.1 Å². The van der Waals surface area contributed by atoms with E-state index in [0.717, 1.165) is 19.3 Å². The number of aliphatic carboxylic acids is 1. The minimum atomic E-state index is -4.68. The lowest BCUT2D eigenvalue weighted by Gasteiger charge is -2.20. The van der Waals surface area contributed by atoms with Gasteiger partial charge in [-0.3, -0.25) is 23.4 Å². The molecule has 12 heteroatoms. The molecule has 3 atom stereocenters. The second kappa shape index (κ2) is 43.1. The fraction of sp³-hybridized carbons (Fsp3) is 0.936. The molecule has 0 aliphatic heterocycles. The summed E-state index contributed by atoms with van der Waals surface area (Å²) in [5, 5.41) is 8.79. The molecule has 0 aromatic carbocycles. The highest BCUT2D eigenvalue weighted by molar-refractivity contribution is 7.47. The van der Waals surface area contributed by atoms with Crippen molar-refractivity contribution in [3.05, 3.63) is 0 Å². The van der Waals surface area contributed by atoms with E-state index in [0.29, 0.717) is 12.8 Å². The Labute approximate surface area is 361 Å². The summed E-state index contributed by atoms with van der Waals surface area (Å²) in [7, 11) is -4.68. The van der Waals surface area contributed by atoms with Gasteiger partial charge >= 0.3 is 25.7 Å². The Balaban J connectivity index is 3.56. The molecule has 11 nitrogen and oxygen atoms in total. The number of carboxylic acid groups (broad SMARTS) is 1. The molecule has 0 rings (SSSR count). The van der Waals surface area contributed by atoms with Crippen molar-refractivity contribution in [1.29, 1.82) is 0 Å². The van der Waals surface area contributed by atoms with Crippen LogP contribution in [0, 0.1) is 0 Å². The van der Waals surface area contributed by atoms with E-state index >= 15 is 0 Å². The number of nitrogens with two attached hydrogens (primary N) is 1. The summed E-state index contributed by atoms with van der Waals surface area (Å²) in [6, 6.07) is -1.51. The van der Waals surface area contributed by atoms with Gasteiger partial charge in [0.2, 0.25) is 0 Å². The molecule has 0 spiro atoms. The Morgan fingerprint density at radius 1 is 0.458 bits per heavy atom. The van der Waals surface area contributed by atoms with Gasteiger partial charge in [-0.05, 0) is 12.8 Å². The van der Waals surface area contributed by atoms with Crippen molar-refractivity contribution >= 4 is 25.7 Å². The maximum atomic E-state index is 12.3. The number of hydrogen-bond donors (Lipinski definition) is 3. The van der Waals surface area contributed by atoms with Crippen LogP contribution in [-0.4, -0.2) is 59.9 Å². The van der Waals surface area contributed by atoms with Crippen molar-refractivity contribution in [3.63, 3.8) is 0 Å². The predicted octanol–water partition coefficient (Wildman–Crippen LogP) is 13.5. The minimum Gasteiger partial charge on any atom is -0.480 e. The average Bonchev–Trinajstić information content (AvgIpc) is 3.21. The molecule has 0 fully saturated rings. The number of unbranched alkanes of at least 4 members (excludes halogenated alkanes) is 33. The summed E-state index contributed by atoms with van der Waals surface area (Å²) < 4.78 is 32.0. The molecule has 0 aromatic heterocycles. The quantitative estimate of drug-likeness (QED) is 0.0302. The number of carbonyl (C=O) groups is 3. The summed E-state index contributed by atoms with van der Waals surface area (Å²) in [4.78, 5) is 44.8. The van der Waals surface area contributed by atoms with Crippen molar-refractivity contribution in [2.75, 3.05) is 19.8 Å². The van der Waals surface area contributed by atoms with Gasteiger partial charge in [0.25, 0.3) is 0 Å². The van der Waals surface area contributed by atoms with Crippen LogP contribution in [0.3, 0.4) is 0 Å². The first kappa shape index (κ1) is 57.5. The van der Waals surface area contributed by atoms with E-state index in [4.69, 9.17) is 24.8 Å². The van der Waals surface area contributed by atoms with Gasteiger partial charge < -0.3 is 25.2 Å². The van der Waals surface area contributed by atoms with Crippen LogP contribution in [0.4, 0.5) is 0 Å². The monoisotopic (exact) mass is 862 g/mol. The molecule has 0 aromatic rings. The van der Waals surface area contributed by atoms with Crippen LogP contribution in [0.2, 0.25) is 0 Å². The van der Waals surface area contributed by atoms with Crippen LogP contribution in [0.25, 0.3) is 0 Å². The van der Waals surface area contributed by atoms with Gasteiger partial charge in [0.1, 0.15) is 12.6 Å². The molecule has 0 heterocycles. The van der Waals surface area contributed by atoms with Gasteiger partial charge in [0.15, 0.2) is 6.10 Å². The van der Waals surface area contributed by atoms with E-state index in [2.05, 4.69) is 11.4 Å². The normalized spacial score (nSPS) is 13.6. The number of esters is 2. The minimum absolute atomic E-state index is 0.116. The summed E-state index contributed by atoms with van der Waals surface area (Å²) in [5.74, 6) is -2.43. The summed E-state index contributed by atoms with van der Waals surface area (Å²) in [5.41, 5.74) is 5.27. The molecular formula is C47H92NO10P. The zero-order valence-electron chi connectivity index (χ0n) is 38.1. The van der Waals surface area contributed by atoms with E-state index in [-0.39, 0.29) is 19.4 Å². The summed E-state index contributed by atoms with van der Waals surface area (Å²) in [6.07, 6.45) is 45.8. The molecule has 0 aliphatic rings. The first-order chi connectivity index (χ1) is 28.6. The van der Waals surface area contributed by atoms with Crippen LogP contribution in [-0.2, 0) is 37.5 Å². The number of rotatable bonds is 47. The molecule has 0 amide bonds. The van der Waals surface area contributed by atoms with E-state index in [1.807, 2.05) is 0 Å². The highest BCUT2D eigenvalue weighted by Crippen LogP contribution is 2.43. The molecule has 59 heavy (non-hydrogen) atoms. The van der Waals surface area contributed by atoms with E-state index in [9.17, 15) is 23.8 Å². The molecular weight excluding hydrogens is 769 g/mol. The lowest BCUT2D eigenvalue weighted by Crippen LogP contribution is -2.34. The first-order valence-electron chi connectivity index (χ1n) is 24.6. The Morgan fingerprint density at radius 2 is 0.780 bits per heavy atom. The molecule has 0 bridgehead atoms. The second-order valence-electron chi connectivity index (χ2n) is 17.0. The molecule has 1 unspecified atom stereocenters. The third-order valence-corrected chi connectivity index (χ3v) is 12.0. The number of carbonyl (C=O) groups excluding carboxylic acids is 2. The SMILES string of the molecule is CCCCCCCCCCCCCCCCCCCCCCCCCCCCCCCCCCCCC(=O)OC[C@H](COP(=O)(O)OC[C@H](N)C(=O)O)OC(=O)CCC. The van der Waals surface area contributed by atoms with Crippen molar-refractivity contribution in [1.82, 2.24) is 0 Å².